The van der Waals surface area contributed by atoms with Crippen LogP contribution in [0.2, 0.25) is 0 Å². The summed E-state index contributed by atoms with van der Waals surface area (Å²) in [5.41, 5.74) is 1.94. The van der Waals surface area contributed by atoms with Crippen molar-refractivity contribution >= 4 is 23.3 Å². The van der Waals surface area contributed by atoms with E-state index in [-0.39, 0.29) is 24.4 Å². The molecule has 1 aliphatic heterocycles. The Labute approximate surface area is 149 Å². The first kappa shape index (κ1) is 17.8. The van der Waals surface area contributed by atoms with Crippen LogP contribution in [0, 0.1) is 5.92 Å². The van der Waals surface area contributed by atoms with Gasteiger partial charge in [0, 0.05) is 24.5 Å². The summed E-state index contributed by atoms with van der Waals surface area (Å²) in [6, 6.07) is 7.92. The van der Waals surface area contributed by atoms with Gasteiger partial charge in [0.2, 0.25) is 0 Å². The third-order valence-electron chi connectivity index (χ3n) is 5.16. The highest BCUT2D eigenvalue weighted by Crippen LogP contribution is 2.25. The van der Waals surface area contributed by atoms with Gasteiger partial charge in [-0.05, 0) is 49.9 Å². The number of nitrogens with one attached hydrogen (secondary N) is 1. The highest BCUT2D eigenvalue weighted by atomic mass is 16.5. The lowest BCUT2D eigenvalue weighted by Crippen LogP contribution is -2.24. The number of amides is 1. The molecule has 1 amide bonds. The Morgan fingerprint density at radius 2 is 1.60 bits per heavy atom. The molecule has 3 rings (SSSR count). The van der Waals surface area contributed by atoms with Crippen LogP contribution in [0.3, 0.4) is 0 Å². The zero-order valence-electron chi connectivity index (χ0n) is 14.8. The van der Waals surface area contributed by atoms with Crippen LogP contribution in [0.1, 0.15) is 51.4 Å². The van der Waals surface area contributed by atoms with Crippen LogP contribution < -0.4 is 10.2 Å². The predicted octanol–water partition coefficient (Wildman–Crippen LogP) is 3.74. The fourth-order valence-electron chi connectivity index (χ4n) is 3.70. The Morgan fingerprint density at radius 1 is 0.960 bits per heavy atom. The summed E-state index contributed by atoms with van der Waals surface area (Å²) >= 11 is 0. The molecule has 1 saturated carbocycles. The van der Waals surface area contributed by atoms with E-state index in [0.717, 1.165) is 44.5 Å². The first-order valence-corrected chi connectivity index (χ1v) is 9.54. The van der Waals surface area contributed by atoms with Crippen molar-refractivity contribution in [2.45, 2.75) is 51.4 Å². The van der Waals surface area contributed by atoms with Gasteiger partial charge in [-0.3, -0.25) is 9.59 Å². The van der Waals surface area contributed by atoms with Gasteiger partial charge < -0.3 is 15.0 Å². The minimum atomic E-state index is -0.283. The van der Waals surface area contributed by atoms with Crippen molar-refractivity contribution in [3.8, 4) is 0 Å². The van der Waals surface area contributed by atoms with E-state index in [2.05, 4.69) is 10.2 Å². The van der Waals surface area contributed by atoms with E-state index >= 15 is 0 Å². The van der Waals surface area contributed by atoms with Crippen molar-refractivity contribution in [1.82, 2.24) is 0 Å². The maximum Gasteiger partial charge on any atom is 0.309 e. The molecule has 0 aromatic heterocycles. The topological polar surface area (TPSA) is 58.6 Å². The number of anilines is 2. The van der Waals surface area contributed by atoms with Crippen LogP contribution in [-0.2, 0) is 14.3 Å². The van der Waals surface area contributed by atoms with Crippen LogP contribution in [0.25, 0.3) is 0 Å². The molecule has 1 N–H and O–H groups in total. The average Bonchev–Trinajstić information content (AvgIpc) is 3.03. The molecule has 2 aliphatic rings. The van der Waals surface area contributed by atoms with Crippen LogP contribution in [-0.4, -0.2) is 31.6 Å². The Hall–Kier alpha value is -2.04. The number of benzene rings is 1. The summed E-state index contributed by atoms with van der Waals surface area (Å²) in [5.74, 6) is -0.529. The number of ether oxygens (including phenoxy) is 1. The molecule has 25 heavy (non-hydrogen) atoms. The van der Waals surface area contributed by atoms with Gasteiger partial charge >= 0.3 is 5.97 Å². The summed E-state index contributed by atoms with van der Waals surface area (Å²) in [6.07, 6.45) is 9.03. The van der Waals surface area contributed by atoms with Gasteiger partial charge in [-0.15, -0.1) is 0 Å². The maximum absolute atomic E-state index is 12.0. The summed E-state index contributed by atoms with van der Waals surface area (Å²) in [6.45, 7) is 1.99. The third-order valence-corrected chi connectivity index (χ3v) is 5.16. The zero-order chi connectivity index (χ0) is 17.5. The number of nitrogens with zero attached hydrogens (tertiary/aromatic N) is 1. The Morgan fingerprint density at radius 3 is 2.24 bits per heavy atom. The molecule has 1 heterocycles. The minimum Gasteiger partial charge on any atom is -0.455 e. The normalized spacial score (nSPS) is 18.6. The number of rotatable bonds is 5. The van der Waals surface area contributed by atoms with Gasteiger partial charge in [0.05, 0.1) is 5.92 Å². The van der Waals surface area contributed by atoms with E-state index in [1.165, 1.54) is 31.4 Å². The molecule has 1 saturated heterocycles. The Balaban J connectivity index is 1.45. The van der Waals surface area contributed by atoms with E-state index in [1.807, 2.05) is 24.3 Å². The summed E-state index contributed by atoms with van der Waals surface area (Å²) in [4.78, 5) is 26.2. The number of hydrogen-bond acceptors (Lipinski definition) is 4. The summed E-state index contributed by atoms with van der Waals surface area (Å²) < 4.78 is 5.13. The van der Waals surface area contributed by atoms with Crippen molar-refractivity contribution in [3.63, 3.8) is 0 Å². The molecule has 5 nitrogen and oxygen atoms in total. The van der Waals surface area contributed by atoms with Crippen molar-refractivity contribution in [2.24, 2.45) is 5.92 Å². The fraction of sp³-hybridized carbons (Fsp3) is 0.600. The number of hydrogen-bond donors (Lipinski definition) is 1. The molecule has 136 valence electrons. The lowest BCUT2D eigenvalue weighted by molar-refractivity contribution is -0.151. The van der Waals surface area contributed by atoms with Crippen molar-refractivity contribution in [2.75, 3.05) is 29.9 Å². The quantitative estimate of drug-likeness (QED) is 0.827. The van der Waals surface area contributed by atoms with E-state index in [1.54, 1.807) is 0 Å². The highest BCUT2D eigenvalue weighted by Gasteiger charge is 2.24. The van der Waals surface area contributed by atoms with E-state index in [4.69, 9.17) is 4.74 Å². The van der Waals surface area contributed by atoms with Gasteiger partial charge in [-0.25, -0.2) is 0 Å². The molecule has 0 bridgehead atoms. The van der Waals surface area contributed by atoms with Gasteiger partial charge in [-0.1, -0.05) is 25.7 Å². The zero-order valence-corrected chi connectivity index (χ0v) is 14.8. The highest BCUT2D eigenvalue weighted by molar-refractivity contribution is 5.93. The molecule has 5 heteroatoms. The molecular weight excluding hydrogens is 316 g/mol. The molecule has 1 aliphatic carbocycles. The lowest BCUT2D eigenvalue weighted by Gasteiger charge is -2.22. The number of carbonyl (C=O) groups excluding carboxylic acids is 2. The van der Waals surface area contributed by atoms with Crippen LogP contribution >= 0.6 is 0 Å². The van der Waals surface area contributed by atoms with Crippen molar-refractivity contribution in [3.05, 3.63) is 24.3 Å². The Kier molecular flexibility index (Phi) is 6.31. The molecule has 0 atom stereocenters. The minimum absolute atomic E-state index is 0.0132. The SMILES string of the molecule is O=C(COC(=O)C1CCCC1)Nc1ccc(N2CCCCCC2)cc1. The van der Waals surface area contributed by atoms with Crippen LogP contribution in [0.15, 0.2) is 24.3 Å². The van der Waals surface area contributed by atoms with Gasteiger partial charge in [0.15, 0.2) is 6.61 Å². The molecule has 0 unspecified atom stereocenters. The maximum atomic E-state index is 12.0. The first-order chi connectivity index (χ1) is 12.2. The van der Waals surface area contributed by atoms with E-state index in [0.29, 0.717) is 0 Å². The lowest BCUT2D eigenvalue weighted by atomic mass is 10.1. The fourth-order valence-corrected chi connectivity index (χ4v) is 3.70. The van der Waals surface area contributed by atoms with Crippen LogP contribution in [0.5, 0.6) is 0 Å². The average molecular weight is 344 g/mol. The molecule has 1 aromatic rings. The molecule has 0 spiro atoms. The van der Waals surface area contributed by atoms with Crippen molar-refractivity contribution < 1.29 is 14.3 Å². The standard InChI is InChI=1S/C20H28N2O3/c23-19(15-25-20(24)16-7-3-4-8-16)21-17-9-11-18(12-10-17)22-13-5-1-2-6-14-22/h9-12,16H,1-8,13-15H2,(H,21,23). The van der Waals surface area contributed by atoms with Gasteiger partial charge in [0.1, 0.15) is 0 Å². The smallest absolute Gasteiger partial charge is 0.309 e. The molecule has 0 radical (unpaired) electrons. The van der Waals surface area contributed by atoms with E-state index < -0.39 is 0 Å². The van der Waals surface area contributed by atoms with Gasteiger partial charge in [0.25, 0.3) is 5.91 Å². The van der Waals surface area contributed by atoms with Gasteiger partial charge in [-0.2, -0.15) is 0 Å². The number of esters is 1. The van der Waals surface area contributed by atoms with Crippen LogP contribution in [0.4, 0.5) is 11.4 Å². The van der Waals surface area contributed by atoms with E-state index in [9.17, 15) is 9.59 Å². The second kappa shape index (κ2) is 8.88. The largest absolute Gasteiger partial charge is 0.455 e. The molecule has 2 fully saturated rings. The van der Waals surface area contributed by atoms with Crippen molar-refractivity contribution in [1.29, 1.82) is 0 Å². The predicted molar refractivity (Wildman–Crippen MR) is 98.7 cm³/mol. The Bertz CT molecular complexity index is 571. The molecule has 1 aromatic carbocycles. The number of carbonyl (C=O) groups is 2. The first-order valence-electron chi connectivity index (χ1n) is 9.54. The third kappa shape index (κ3) is 5.21. The summed E-state index contributed by atoms with van der Waals surface area (Å²) in [7, 11) is 0. The summed E-state index contributed by atoms with van der Waals surface area (Å²) in [5, 5.41) is 2.80. The second-order valence-corrected chi connectivity index (χ2v) is 7.09. The monoisotopic (exact) mass is 344 g/mol. The second-order valence-electron chi connectivity index (χ2n) is 7.09. The molecular formula is C20H28N2O3.